The minimum Gasteiger partial charge on any atom is -0.383 e. The van der Waals surface area contributed by atoms with Crippen LogP contribution in [0.15, 0.2) is 12.4 Å². The van der Waals surface area contributed by atoms with Crippen LogP contribution in [0.5, 0.6) is 0 Å². The van der Waals surface area contributed by atoms with E-state index in [-0.39, 0.29) is 5.92 Å². The second-order valence-electron chi connectivity index (χ2n) is 5.66. The second kappa shape index (κ2) is 5.58. The molecule has 22 heavy (non-hydrogen) atoms. The fourth-order valence-corrected chi connectivity index (χ4v) is 3.69. The van der Waals surface area contributed by atoms with Gasteiger partial charge in [-0.05, 0) is 12.5 Å². The lowest BCUT2D eigenvalue weighted by molar-refractivity contribution is 0.774. The zero-order chi connectivity index (χ0) is 15.9. The molecule has 0 fully saturated rings. The second-order valence-corrected chi connectivity index (χ2v) is 6.99. The summed E-state index contributed by atoms with van der Waals surface area (Å²) in [6.45, 7) is 6.21. The first-order valence-corrected chi connectivity index (χ1v) is 8.24. The van der Waals surface area contributed by atoms with Gasteiger partial charge >= 0.3 is 0 Å². The summed E-state index contributed by atoms with van der Waals surface area (Å²) in [6, 6.07) is 2.19. The molecule has 1 aliphatic heterocycles. The Balaban J connectivity index is 2.22. The fraction of sp³-hybridized carbons (Fsp3) is 0.375. The zero-order valence-corrected chi connectivity index (χ0v) is 13.6. The number of nitriles is 1. The smallest absolute Gasteiger partial charge is 0.142 e. The van der Waals surface area contributed by atoms with E-state index in [1.165, 1.54) is 0 Å². The minimum atomic E-state index is 0.272. The third-order valence-electron chi connectivity index (χ3n) is 3.81. The number of rotatable bonds is 2. The predicted octanol–water partition coefficient (Wildman–Crippen LogP) is 3.42. The monoisotopic (exact) mass is 311 g/mol. The van der Waals surface area contributed by atoms with E-state index in [4.69, 9.17) is 5.73 Å². The Labute approximate surface area is 134 Å². The van der Waals surface area contributed by atoms with Crippen molar-refractivity contribution in [3.8, 4) is 17.2 Å². The van der Waals surface area contributed by atoms with Crippen molar-refractivity contribution in [3.63, 3.8) is 0 Å². The third kappa shape index (κ3) is 2.32. The zero-order valence-electron chi connectivity index (χ0n) is 12.8. The van der Waals surface area contributed by atoms with Crippen molar-refractivity contribution in [2.24, 2.45) is 0 Å². The average Bonchev–Trinajstić information content (AvgIpc) is 2.87. The van der Waals surface area contributed by atoms with Gasteiger partial charge in [0.05, 0.1) is 5.69 Å². The van der Waals surface area contributed by atoms with E-state index < -0.39 is 0 Å². The van der Waals surface area contributed by atoms with Crippen LogP contribution in [0.2, 0.25) is 0 Å². The van der Waals surface area contributed by atoms with Crippen LogP contribution in [0.4, 0.5) is 5.82 Å². The Morgan fingerprint density at radius 3 is 2.64 bits per heavy atom. The van der Waals surface area contributed by atoms with Crippen LogP contribution in [0.3, 0.4) is 0 Å². The average molecular weight is 311 g/mol. The number of nitrogens with two attached hydrogens (primary N) is 1. The van der Waals surface area contributed by atoms with E-state index in [2.05, 4.69) is 41.8 Å². The van der Waals surface area contributed by atoms with Crippen LogP contribution in [0.25, 0.3) is 11.1 Å². The molecule has 112 valence electrons. The van der Waals surface area contributed by atoms with Crippen molar-refractivity contribution in [1.29, 1.82) is 5.26 Å². The summed E-state index contributed by atoms with van der Waals surface area (Å²) in [4.78, 5) is 13.3. The third-order valence-corrected chi connectivity index (χ3v) is 4.99. The molecule has 0 bridgehead atoms. The number of aromatic nitrogens is 3. The van der Waals surface area contributed by atoms with Crippen molar-refractivity contribution in [3.05, 3.63) is 35.0 Å². The van der Waals surface area contributed by atoms with E-state index in [1.807, 2.05) is 0 Å². The maximum Gasteiger partial charge on any atom is 0.142 e. The molecule has 2 aromatic rings. The summed E-state index contributed by atoms with van der Waals surface area (Å²) in [5.74, 6) is 2.19. The van der Waals surface area contributed by atoms with E-state index in [0.717, 1.165) is 34.0 Å². The van der Waals surface area contributed by atoms with E-state index >= 15 is 0 Å². The molecule has 6 heteroatoms. The largest absolute Gasteiger partial charge is 0.383 e. The topological polar surface area (TPSA) is 88.5 Å². The first-order chi connectivity index (χ1) is 10.5. The van der Waals surface area contributed by atoms with Crippen LogP contribution < -0.4 is 5.73 Å². The molecule has 5 nitrogen and oxygen atoms in total. The van der Waals surface area contributed by atoms with Crippen LogP contribution in [-0.4, -0.2) is 15.0 Å². The maximum absolute atomic E-state index is 9.48. The van der Waals surface area contributed by atoms with Gasteiger partial charge in [0, 0.05) is 40.4 Å². The molecule has 0 aromatic carbocycles. The lowest BCUT2D eigenvalue weighted by Crippen LogP contribution is -2.05. The number of anilines is 1. The van der Waals surface area contributed by atoms with Gasteiger partial charge in [-0.3, -0.25) is 0 Å². The Hall–Kier alpha value is -2.13. The van der Waals surface area contributed by atoms with Gasteiger partial charge in [0.25, 0.3) is 0 Å². The van der Waals surface area contributed by atoms with Crippen molar-refractivity contribution >= 4 is 17.6 Å². The predicted molar refractivity (Wildman–Crippen MR) is 88.2 cm³/mol. The lowest BCUT2D eigenvalue weighted by atomic mass is 9.96. The van der Waals surface area contributed by atoms with E-state index in [1.54, 1.807) is 24.2 Å². The Bertz CT molecular complexity index is 762. The lowest BCUT2D eigenvalue weighted by Gasteiger charge is -2.13. The highest BCUT2D eigenvalue weighted by molar-refractivity contribution is 7.99. The number of thioether (sulfide) groups is 1. The molecule has 2 N–H and O–H groups in total. The molecule has 1 aliphatic rings. The van der Waals surface area contributed by atoms with Crippen LogP contribution in [0.1, 0.15) is 54.6 Å². The molecular weight excluding hydrogens is 294 g/mol. The number of pyridine rings is 1. The van der Waals surface area contributed by atoms with Gasteiger partial charge in [0.15, 0.2) is 0 Å². The molecule has 0 radical (unpaired) electrons. The Morgan fingerprint density at radius 2 is 2.05 bits per heavy atom. The highest BCUT2D eigenvalue weighted by Gasteiger charge is 2.28. The summed E-state index contributed by atoms with van der Waals surface area (Å²) in [5.41, 5.74) is 10.2. The summed E-state index contributed by atoms with van der Waals surface area (Å²) in [7, 11) is 0. The van der Waals surface area contributed by atoms with Gasteiger partial charge in [0.2, 0.25) is 0 Å². The van der Waals surface area contributed by atoms with Crippen LogP contribution in [0, 0.1) is 11.3 Å². The van der Waals surface area contributed by atoms with Crippen LogP contribution >= 0.6 is 11.8 Å². The summed E-state index contributed by atoms with van der Waals surface area (Å²) < 4.78 is 0. The molecule has 3 heterocycles. The van der Waals surface area contributed by atoms with Gasteiger partial charge in [-0.15, -0.1) is 11.8 Å². The molecule has 0 aliphatic carbocycles. The quantitative estimate of drug-likeness (QED) is 0.914. The molecule has 2 aromatic heterocycles. The summed E-state index contributed by atoms with van der Waals surface area (Å²) in [6.07, 6.45) is 3.57. The molecule has 0 saturated heterocycles. The number of nitrogen functional groups attached to an aromatic ring is 1. The van der Waals surface area contributed by atoms with E-state index in [9.17, 15) is 5.26 Å². The van der Waals surface area contributed by atoms with Crippen molar-refractivity contribution in [2.75, 3.05) is 5.73 Å². The number of hydrogen-bond donors (Lipinski definition) is 1. The molecule has 0 saturated carbocycles. The minimum absolute atomic E-state index is 0.272. The Morgan fingerprint density at radius 1 is 1.36 bits per heavy atom. The SMILES string of the molecule is CC(C)c1ncc(-c2c(C#N)c(N)nc3c2CS[C@H]3C)cn1. The normalized spacial score (nSPS) is 16.6. The standard InChI is InChI=1S/C16H17N5S/c1-8(2)16-19-5-10(6-20-16)13-11(4-17)15(18)21-14-9(3)22-7-12(13)14/h5-6,8-9H,7H2,1-3H3,(H2,18,21)/t9-/m0/s1. The van der Waals surface area contributed by atoms with Gasteiger partial charge in [-0.2, -0.15) is 5.26 Å². The van der Waals surface area contributed by atoms with Gasteiger partial charge in [0.1, 0.15) is 23.3 Å². The first kappa shape index (κ1) is 14.8. The molecule has 0 spiro atoms. The summed E-state index contributed by atoms with van der Waals surface area (Å²) in [5, 5.41) is 9.77. The van der Waals surface area contributed by atoms with Crippen molar-refractivity contribution in [2.45, 2.75) is 37.7 Å². The van der Waals surface area contributed by atoms with Crippen molar-refractivity contribution < 1.29 is 0 Å². The summed E-state index contributed by atoms with van der Waals surface area (Å²) >= 11 is 1.80. The van der Waals surface area contributed by atoms with Crippen molar-refractivity contribution in [1.82, 2.24) is 15.0 Å². The molecule has 3 rings (SSSR count). The van der Waals surface area contributed by atoms with Gasteiger partial charge in [-0.1, -0.05) is 13.8 Å². The number of hydrogen-bond acceptors (Lipinski definition) is 6. The van der Waals surface area contributed by atoms with Gasteiger partial charge < -0.3 is 5.73 Å². The highest BCUT2D eigenvalue weighted by Crippen LogP contribution is 2.46. The fourth-order valence-electron chi connectivity index (χ4n) is 2.63. The van der Waals surface area contributed by atoms with E-state index in [0.29, 0.717) is 16.6 Å². The molecule has 0 unspecified atom stereocenters. The molecule has 1 atom stereocenters. The Kier molecular flexibility index (Phi) is 3.75. The molecular formula is C16H17N5S. The molecule has 0 amide bonds. The van der Waals surface area contributed by atoms with Crippen LogP contribution in [-0.2, 0) is 5.75 Å². The maximum atomic E-state index is 9.48. The van der Waals surface area contributed by atoms with Gasteiger partial charge in [-0.25, -0.2) is 15.0 Å². The first-order valence-electron chi connectivity index (χ1n) is 7.19. The number of nitrogens with zero attached hydrogens (tertiary/aromatic N) is 4. The number of fused-ring (bicyclic) bond motifs is 1. The highest BCUT2D eigenvalue weighted by atomic mass is 32.2.